The molecule has 0 unspecified atom stereocenters. The van der Waals surface area contributed by atoms with Crippen LogP contribution in [0.1, 0.15) is 23.5 Å². The molecule has 1 saturated heterocycles. The van der Waals surface area contributed by atoms with Gasteiger partial charge in [0.15, 0.2) is 0 Å². The van der Waals surface area contributed by atoms with Crippen LogP contribution in [0.2, 0.25) is 5.02 Å². The van der Waals surface area contributed by atoms with E-state index in [0.717, 1.165) is 24.7 Å². The third kappa shape index (κ3) is 2.54. The van der Waals surface area contributed by atoms with Gasteiger partial charge in [-0.1, -0.05) is 41.9 Å². The molecule has 1 fully saturated rings. The van der Waals surface area contributed by atoms with Crippen LogP contribution in [0.3, 0.4) is 0 Å². The number of halogens is 1. The third-order valence-corrected chi connectivity index (χ3v) is 4.94. The van der Waals surface area contributed by atoms with E-state index in [0.29, 0.717) is 12.0 Å². The molecule has 2 heterocycles. The average Bonchev–Trinajstić information content (AvgIpc) is 2.86. The first-order chi connectivity index (χ1) is 10.3. The average molecular weight is 299 g/mol. The van der Waals surface area contributed by atoms with Gasteiger partial charge in [-0.05, 0) is 35.7 Å². The molecule has 2 aromatic carbocycles. The largest absolute Gasteiger partial charge is 0.381 e. The van der Waals surface area contributed by atoms with E-state index in [9.17, 15) is 0 Å². The van der Waals surface area contributed by atoms with E-state index in [1.54, 1.807) is 0 Å². The number of nitrogens with one attached hydrogen (secondary N) is 1. The van der Waals surface area contributed by atoms with Crippen LogP contribution in [0.25, 0.3) is 0 Å². The molecule has 2 aliphatic heterocycles. The maximum Gasteiger partial charge on any atom is 0.0410 e. The van der Waals surface area contributed by atoms with Gasteiger partial charge in [0.05, 0.1) is 0 Å². The van der Waals surface area contributed by atoms with E-state index in [2.05, 4.69) is 52.7 Å². The number of hydrogen-bond donors (Lipinski definition) is 1. The first kappa shape index (κ1) is 13.2. The molecule has 0 aliphatic carbocycles. The number of fused-ring (bicyclic) bond motifs is 3. The lowest BCUT2D eigenvalue weighted by Crippen LogP contribution is -2.41. The highest BCUT2D eigenvalue weighted by molar-refractivity contribution is 6.30. The number of benzene rings is 2. The van der Waals surface area contributed by atoms with Gasteiger partial charge in [0.1, 0.15) is 0 Å². The molecule has 1 N–H and O–H groups in total. The minimum atomic E-state index is 0.566. The second-order valence-corrected chi connectivity index (χ2v) is 6.53. The standard InChI is InChI=1S/C18H19ClN2/c19-14-6-7-17-15(10-14)16-12-21(9-8-18(16)20-17)11-13-4-2-1-3-5-13/h1-7,10,16,18,20H,8-9,11-12H2/t16-,18+/m0/s1. The van der Waals surface area contributed by atoms with Crippen molar-refractivity contribution >= 4 is 17.3 Å². The predicted molar refractivity (Wildman–Crippen MR) is 87.9 cm³/mol. The van der Waals surface area contributed by atoms with Crippen molar-refractivity contribution in [2.24, 2.45) is 0 Å². The summed E-state index contributed by atoms with van der Waals surface area (Å²) in [7, 11) is 0. The van der Waals surface area contributed by atoms with Crippen LogP contribution in [0.5, 0.6) is 0 Å². The lowest BCUT2D eigenvalue weighted by molar-refractivity contribution is 0.194. The fourth-order valence-electron chi connectivity index (χ4n) is 3.66. The van der Waals surface area contributed by atoms with Gasteiger partial charge < -0.3 is 5.32 Å². The van der Waals surface area contributed by atoms with Gasteiger partial charge in [0.25, 0.3) is 0 Å². The van der Waals surface area contributed by atoms with Gasteiger partial charge in [0, 0.05) is 42.3 Å². The smallest absolute Gasteiger partial charge is 0.0410 e. The molecule has 0 radical (unpaired) electrons. The Labute approximate surface area is 130 Å². The summed E-state index contributed by atoms with van der Waals surface area (Å²) in [6.45, 7) is 3.31. The molecule has 2 atom stereocenters. The molecular formula is C18H19ClN2. The molecule has 2 aliphatic rings. The molecule has 4 rings (SSSR count). The SMILES string of the molecule is Clc1ccc2c(c1)[C@@H]1CN(Cc3ccccc3)CC[C@H]1N2. The normalized spacial score (nSPS) is 24.2. The first-order valence-electron chi connectivity index (χ1n) is 7.62. The van der Waals surface area contributed by atoms with Crippen molar-refractivity contribution in [1.82, 2.24) is 4.90 Å². The summed E-state index contributed by atoms with van der Waals surface area (Å²) in [4.78, 5) is 2.56. The number of likely N-dealkylation sites (tertiary alicyclic amines) is 1. The predicted octanol–water partition coefficient (Wildman–Crippen LogP) is 4.12. The zero-order chi connectivity index (χ0) is 14.2. The van der Waals surface area contributed by atoms with Gasteiger partial charge >= 0.3 is 0 Å². The van der Waals surface area contributed by atoms with E-state index in [1.165, 1.54) is 23.2 Å². The van der Waals surface area contributed by atoms with Crippen LogP contribution >= 0.6 is 11.6 Å². The summed E-state index contributed by atoms with van der Waals surface area (Å²) in [6, 6.07) is 17.6. The lowest BCUT2D eigenvalue weighted by Gasteiger charge is -2.35. The number of hydrogen-bond acceptors (Lipinski definition) is 2. The number of rotatable bonds is 2. The minimum absolute atomic E-state index is 0.566. The lowest BCUT2D eigenvalue weighted by atomic mass is 9.89. The second-order valence-electron chi connectivity index (χ2n) is 6.10. The van der Waals surface area contributed by atoms with E-state index in [-0.39, 0.29) is 0 Å². The van der Waals surface area contributed by atoms with Crippen LogP contribution in [0.4, 0.5) is 5.69 Å². The van der Waals surface area contributed by atoms with Crippen molar-refractivity contribution < 1.29 is 0 Å². The summed E-state index contributed by atoms with van der Waals surface area (Å²) >= 11 is 6.18. The van der Waals surface area contributed by atoms with Crippen LogP contribution < -0.4 is 5.32 Å². The molecule has 108 valence electrons. The minimum Gasteiger partial charge on any atom is -0.381 e. The highest BCUT2D eigenvalue weighted by Crippen LogP contribution is 2.41. The van der Waals surface area contributed by atoms with Crippen LogP contribution in [-0.2, 0) is 6.54 Å². The molecule has 2 aromatic rings. The fraction of sp³-hybridized carbons (Fsp3) is 0.333. The first-order valence-corrected chi connectivity index (χ1v) is 8.00. The Morgan fingerprint density at radius 2 is 2.00 bits per heavy atom. The van der Waals surface area contributed by atoms with Crippen molar-refractivity contribution in [3.63, 3.8) is 0 Å². The number of anilines is 1. The van der Waals surface area contributed by atoms with Crippen molar-refractivity contribution in [3.8, 4) is 0 Å². The maximum atomic E-state index is 6.18. The summed E-state index contributed by atoms with van der Waals surface area (Å²) in [5, 5.41) is 4.51. The molecular weight excluding hydrogens is 280 g/mol. The van der Waals surface area contributed by atoms with Gasteiger partial charge in [-0.3, -0.25) is 4.90 Å². The maximum absolute atomic E-state index is 6.18. The Balaban J connectivity index is 1.53. The quantitative estimate of drug-likeness (QED) is 0.897. The van der Waals surface area contributed by atoms with Crippen molar-refractivity contribution in [2.75, 3.05) is 18.4 Å². The van der Waals surface area contributed by atoms with Gasteiger partial charge in [-0.25, -0.2) is 0 Å². The van der Waals surface area contributed by atoms with E-state index >= 15 is 0 Å². The zero-order valence-electron chi connectivity index (χ0n) is 11.9. The van der Waals surface area contributed by atoms with Crippen LogP contribution in [0, 0.1) is 0 Å². The van der Waals surface area contributed by atoms with Crippen molar-refractivity contribution in [2.45, 2.75) is 24.9 Å². The summed E-state index contributed by atoms with van der Waals surface area (Å²) < 4.78 is 0. The molecule has 0 bridgehead atoms. The van der Waals surface area contributed by atoms with E-state index in [1.807, 2.05) is 6.07 Å². The van der Waals surface area contributed by atoms with Crippen molar-refractivity contribution in [3.05, 3.63) is 64.7 Å². The monoisotopic (exact) mass is 298 g/mol. The number of piperidine rings is 1. The topological polar surface area (TPSA) is 15.3 Å². The molecule has 3 heteroatoms. The van der Waals surface area contributed by atoms with Crippen molar-refractivity contribution in [1.29, 1.82) is 0 Å². The number of nitrogens with zero attached hydrogens (tertiary/aromatic N) is 1. The van der Waals surface area contributed by atoms with Gasteiger partial charge in [-0.15, -0.1) is 0 Å². The molecule has 21 heavy (non-hydrogen) atoms. The Morgan fingerprint density at radius 1 is 1.14 bits per heavy atom. The Kier molecular flexibility index (Phi) is 3.36. The highest BCUT2D eigenvalue weighted by Gasteiger charge is 2.36. The van der Waals surface area contributed by atoms with Crippen LogP contribution in [-0.4, -0.2) is 24.0 Å². The fourth-order valence-corrected chi connectivity index (χ4v) is 3.84. The Morgan fingerprint density at radius 3 is 2.86 bits per heavy atom. The summed E-state index contributed by atoms with van der Waals surface area (Å²) in [6.07, 6.45) is 1.20. The third-order valence-electron chi connectivity index (χ3n) is 4.70. The van der Waals surface area contributed by atoms with Crippen LogP contribution in [0.15, 0.2) is 48.5 Å². The molecule has 0 aromatic heterocycles. The summed E-state index contributed by atoms with van der Waals surface area (Å²) in [5.74, 6) is 0.566. The summed E-state index contributed by atoms with van der Waals surface area (Å²) in [5.41, 5.74) is 4.06. The highest BCUT2D eigenvalue weighted by atomic mass is 35.5. The van der Waals surface area contributed by atoms with Gasteiger partial charge in [-0.2, -0.15) is 0 Å². The molecule has 0 spiro atoms. The molecule has 2 nitrogen and oxygen atoms in total. The van der Waals surface area contributed by atoms with E-state index < -0.39 is 0 Å². The van der Waals surface area contributed by atoms with E-state index in [4.69, 9.17) is 11.6 Å². The Bertz CT molecular complexity index is 641. The second kappa shape index (κ2) is 5.36. The molecule has 0 amide bonds. The molecule has 0 saturated carbocycles. The zero-order valence-corrected chi connectivity index (χ0v) is 12.7. The Hall–Kier alpha value is -1.51. The van der Waals surface area contributed by atoms with Gasteiger partial charge in [0.2, 0.25) is 0 Å².